The Labute approximate surface area is 230 Å². The first-order chi connectivity index (χ1) is 18.6. The fraction of sp³-hybridized carbons (Fsp3) is 0.419. The van der Waals surface area contributed by atoms with Gasteiger partial charge in [-0.15, -0.1) is 0 Å². The molecule has 0 aliphatic carbocycles. The summed E-state index contributed by atoms with van der Waals surface area (Å²) in [6.45, 7) is 15.5. The molecule has 39 heavy (non-hydrogen) atoms. The molecule has 0 saturated heterocycles. The number of ether oxygens (including phenoxy) is 3. The second kappa shape index (κ2) is 13.3. The highest BCUT2D eigenvalue weighted by Gasteiger charge is 2.37. The lowest BCUT2D eigenvalue weighted by Crippen LogP contribution is -3.11. The van der Waals surface area contributed by atoms with Crippen LogP contribution in [-0.2, 0) is 30.2 Å². The first kappa shape index (κ1) is 29.8. The van der Waals surface area contributed by atoms with Gasteiger partial charge < -0.3 is 29.2 Å². The van der Waals surface area contributed by atoms with Gasteiger partial charge in [0.1, 0.15) is 0 Å². The number of carbonyl (C=O) groups excluding carboxylic acids is 2. The number of hydrogen-bond acceptors (Lipinski definition) is 6. The van der Waals surface area contributed by atoms with Crippen LogP contribution in [0.5, 0.6) is 0 Å². The largest absolute Gasteiger partial charge is 0.575 e. The number of cyclic esters (lactones) is 1. The molecular formula is C31H40N2O6. The Balaban J connectivity index is 0.000000532. The predicted octanol–water partition coefficient (Wildman–Crippen LogP) is 3.22. The van der Waals surface area contributed by atoms with Crippen LogP contribution in [0.2, 0.25) is 0 Å². The lowest BCUT2D eigenvalue weighted by molar-refractivity contribution is -0.894. The molecule has 1 atom stereocenters. The first-order valence-corrected chi connectivity index (χ1v) is 13.6. The van der Waals surface area contributed by atoms with Crippen molar-refractivity contribution in [3.05, 3.63) is 82.9 Å². The Morgan fingerprint density at radius 1 is 0.974 bits per heavy atom. The smallest absolute Gasteiger partial charge is 0.338 e. The van der Waals surface area contributed by atoms with E-state index in [0.717, 1.165) is 10.9 Å². The molecule has 1 aliphatic heterocycles. The minimum Gasteiger partial charge on any atom is -0.575 e. The Hall–Kier alpha value is -3.78. The van der Waals surface area contributed by atoms with Gasteiger partial charge in [0.05, 0.1) is 44.2 Å². The molecule has 1 unspecified atom stereocenters. The van der Waals surface area contributed by atoms with Crippen molar-refractivity contribution in [3.8, 4) is 0 Å². The van der Waals surface area contributed by atoms with E-state index in [1.807, 2.05) is 54.6 Å². The first-order valence-electron chi connectivity index (χ1n) is 13.6. The average Bonchev–Trinajstić information content (AvgIpc) is 3.25. The van der Waals surface area contributed by atoms with Gasteiger partial charge in [-0.1, -0.05) is 48.5 Å². The highest BCUT2D eigenvalue weighted by molar-refractivity contribution is 5.96. The molecule has 2 N–H and O–H groups in total. The number of aromatic amines is 1. The maximum absolute atomic E-state index is 13.0. The monoisotopic (exact) mass is 536 g/mol. The third kappa shape index (κ3) is 7.20. The van der Waals surface area contributed by atoms with E-state index in [-0.39, 0.29) is 18.6 Å². The molecule has 3 aromatic rings. The summed E-state index contributed by atoms with van der Waals surface area (Å²) in [5.41, 5.74) is 2.55. The van der Waals surface area contributed by atoms with Crippen LogP contribution in [0.25, 0.3) is 10.9 Å². The molecule has 8 nitrogen and oxygen atoms in total. The molecule has 1 aliphatic rings. The minimum atomic E-state index is -1.35. The van der Waals surface area contributed by atoms with Gasteiger partial charge >= 0.3 is 11.9 Å². The molecule has 8 heteroatoms. The molecule has 0 amide bonds. The molecule has 4 rings (SSSR count). The van der Waals surface area contributed by atoms with Gasteiger partial charge in [0.25, 0.3) is 0 Å². The maximum Gasteiger partial charge on any atom is 0.338 e. The van der Waals surface area contributed by atoms with Crippen LogP contribution in [0.1, 0.15) is 64.3 Å². The number of rotatable bonds is 9. The molecule has 0 bridgehead atoms. The molecule has 0 spiro atoms. The van der Waals surface area contributed by atoms with Crippen molar-refractivity contribution in [2.75, 3.05) is 26.2 Å². The molecule has 1 aromatic heterocycles. The topological polar surface area (TPSA) is 105 Å². The zero-order valence-electron chi connectivity index (χ0n) is 23.8. The van der Waals surface area contributed by atoms with Crippen molar-refractivity contribution in [1.82, 2.24) is 4.98 Å². The van der Waals surface area contributed by atoms with Crippen molar-refractivity contribution in [1.29, 1.82) is 0 Å². The zero-order chi connectivity index (χ0) is 28.6. The lowest BCUT2D eigenvalue weighted by Gasteiger charge is -2.41. The fourth-order valence-corrected chi connectivity index (χ4v) is 4.81. The van der Waals surface area contributed by atoms with Crippen LogP contribution >= 0.6 is 0 Å². The summed E-state index contributed by atoms with van der Waals surface area (Å²) < 4.78 is 16.0. The van der Waals surface area contributed by atoms with Crippen molar-refractivity contribution < 1.29 is 33.8 Å². The quantitative estimate of drug-likeness (QED) is 0.407. The van der Waals surface area contributed by atoms with E-state index in [2.05, 4.69) is 25.8 Å². The second-order valence-corrected chi connectivity index (χ2v) is 9.79. The van der Waals surface area contributed by atoms with Crippen LogP contribution in [0.4, 0.5) is 0 Å². The van der Waals surface area contributed by atoms with E-state index < -0.39 is 29.6 Å². The summed E-state index contributed by atoms with van der Waals surface area (Å²) >= 11 is 0. The van der Waals surface area contributed by atoms with Gasteiger partial charge in [0, 0.05) is 22.5 Å². The number of carbonyl (C=O) groups is 2. The SMILES string of the molecule is CCOC(=O)Cc1[nH]c2ccccc2c1C(C1=C([O-])OC(C)(C)OC1=O)c1ccccc1.CC[NH+](CC)CC. The standard InChI is InChI=1S/C25H25NO6.C6H15N/c1-4-30-19(27)14-18-21(16-12-8-9-13-17(16)26-18)20(15-10-6-5-7-11-15)22-23(28)31-25(2,3)32-24(22)29;1-4-7(5-2)6-3/h5-13,20,26,28H,4,14H2,1-3H3;4-6H2,1-3H3. The van der Waals surface area contributed by atoms with Gasteiger partial charge in [0.2, 0.25) is 0 Å². The number of para-hydroxylation sites is 1. The minimum absolute atomic E-state index is 0.0376. The third-order valence-corrected chi connectivity index (χ3v) is 6.78. The van der Waals surface area contributed by atoms with E-state index in [1.54, 1.807) is 11.8 Å². The summed E-state index contributed by atoms with van der Waals surface area (Å²) in [6.07, 6.45) is -0.0376. The summed E-state index contributed by atoms with van der Waals surface area (Å²) in [5.74, 6) is -4.05. The van der Waals surface area contributed by atoms with Gasteiger partial charge in [0.15, 0.2) is 5.79 Å². The molecule has 0 fully saturated rings. The number of hydrogen-bond donors (Lipinski definition) is 2. The van der Waals surface area contributed by atoms with Crippen molar-refractivity contribution in [3.63, 3.8) is 0 Å². The molecule has 2 heterocycles. The lowest BCUT2D eigenvalue weighted by atomic mass is 9.82. The Kier molecular flexibility index (Phi) is 10.2. The summed E-state index contributed by atoms with van der Waals surface area (Å²) in [6, 6.07) is 16.6. The number of aromatic nitrogens is 1. The molecule has 210 valence electrons. The van der Waals surface area contributed by atoms with E-state index in [9.17, 15) is 14.7 Å². The van der Waals surface area contributed by atoms with E-state index in [0.29, 0.717) is 16.8 Å². The van der Waals surface area contributed by atoms with E-state index in [1.165, 1.54) is 33.5 Å². The number of fused-ring (bicyclic) bond motifs is 1. The van der Waals surface area contributed by atoms with Crippen LogP contribution in [0.15, 0.2) is 66.1 Å². The summed E-state index contributed by atoms with van der Waals surface area (Å²) in [7, 11) is 0. The van der Waals surface area contributed by atoms with Crippen LogP contribution < -0.4 is 10.0 Å². The van der Waals surface area contributed by atoms with Gasteiger partial charge in [-0.3, -0.25) is 4.79 Å². The van der Waals surface area contributed by atoms with Crippen molar-refractivity contribution in [2.45, 2.75) is 59.7 Å². The van der Waals surface area contributed by atoms with Gasteiger partial charge in [-0.25, -0.2) is 4.79 Å². The van der Waals surface area contributed by atoms with Crippen LogP contribution in [0.3, 0.4) is 0 Å². The van der Waals surface area contributed by atoms with Gasteiger partial charge in [-0.05, 0) is 58.7 Å². The van der Waals surface area contributed by atoms with Gasteiger partial charge in [-0.2, -0.15) is 0 Å². The third-order valence-electron chi connectivity index (χ3n) is 6.78. The normalized spacial score (nSPS) is 15.3. The number of esters is 2. The maximum atomic E-state index is 13.0. The zero-order valence-corrected chi connectivity index (χ0v) is 23.8. The fourth-order valence-electron chi connectivity index (χ4n) is 4.81. The highest BCUT2D eigenvalue weighted by atomic mass is 16.8. The number of nitrogens with one attached hydrogen (secondary N) is 2. The predicted molar refractivity (Wildman–Crippen MR) is 148 cm³/mol. The van der Waals surface area contributed by atoms with E-state index >= 15 is 0 Å². The van der Waals surface area contributed by atoms with E-state index in [4.69, 9.17) is 14.2 Å². The number of H-pyrrole nitrogens is 1. The Morgan fingerprint density at radius 3 is 2.15 bits per heavy atom. The number of quaternary nitrogens is 1. The van der Waals surface area contributed by atoms with Crippen LogP contribution in [-0.4, -0.2) is 49.0 Å². The molecular weight excluding hydrogens is 496 g/mol. The second-order valence-electron chi connectivity index (χ2n) is 9.79. The highest BCUT2D eigenvalue weighted by Crippen LogP contribution is 2.42. The van der Waals surface area contributed by atoms with Crippen molar-refractivity contribution >= 4 is 22.8 Å². The van der Waals surface area contributed by atoms with Crippen LogP contribution in [0, 0.1) is 0 Å². The van der Waals surface area contributed by atoms with Crippen molar-refractivity contribution in [2.24, 2.45) is 0 Å². The molecule has 0 saturated carbocycles. The molecule has 2 aromatic carbocycles. The summed E-state index contributed by atoms with van der Waals surface area (Å²) in [4.78, 5) is 30.3. The molecule has 0 radical (unpaired) electrons. The number of benzene rings is 2. The Bertz CT molecular complexity index is 1290. The Morgan fingerprint density at radius 2 is 1.59 bits per heavy atom. The average molecular weight is 537 g/mol. The summed E-state index contributed by atoms with van der Waals surface area (Å²) in [5, 5.41) is 13.8.